The van der Waals surface area contributed by atoms with Gasteiger partial charge in [0.1, 0.15) is 5.75 Å². The molecule has 0 aromatic heterocycles. The quantitative estimate of drug-likeness (QED) is 0.860. The second-order valence-electron chi connectivity index (χ2n) is 5.93. The summed E-state index contributed by atoms with van der Waals surface area (Å²) in [6.45, 7) is 2.09. The Morgan fingerprint density at radius 2 is 1.90 bits per heavy atom. The van der Waals surface area contributed by atoms with E-state index in [1.807, 2.05) is 24.3 Å². The van der Waals surface area contributed by atoms with Crippen molar-refractivity contribution in [1.82, 2.24) is 0 Å². The molecule has 0 aliphatic heterocycles. The molecule has 0 heterocycles. The predicted molar refractivity (Wildman–Crippen MR) is 84.6 cm³/mol. The topological polar surface area (TPSA) is 29.5 Å². The van der Waals surface area contributed by atoms with Crippen molar-refractivity contribution in [2.24, 2.45) is 0 Å². The van der Waals surface area contributed by atoms with Gasteiger partial charge in [0.15, 0.2) is 0 Å². The predicted octanol–water partition coefficient (Wildman–Crippen LogP) is 4.20. The molecule has 0 amide bonds. The van der Waals surface area contributed by atoms with Crippen LogP contribution >= 0.6 is 0 Å². The molecule has 2 heteroatoms. The summed E-state index contributed by atoms with van der Waals surface area (Å²) < 4.78 is 5.78. The van der Waals surface area contributed by atoms with Crippen LogP contribution in [0.1, 0.15) is 42.1 Å². The molecule has 1 saturated carbocycles. The maximum atomic E-state index is 10.4. The molecule has 1 aliphatic rings. The lowest BCUT2D eigenvalue weighted by atomic mass is 10.0. The molecule has 2 aromatic carbocycles. The van der Waals surface area contributed by atoms with E-state index in [4.69, 9.17) is 4.74 Å². The highest BCUT2D eigenvalue weighted by Crippen LogP contribution is 2.29. The van der Waals surface area contributed by atoms with Crippen LogP contribution < -0.4 is 4.74 Å². The molecule has 2 aromatic rings. The Morgan fingerprint density at radius 3 is 2.62 bits per heavy atom. The molecular weight excluding hydrogens is 260 g/mol. The molecule has 1 unspecified atom stereocenters. The van der Waals surface area contributed by atoms with Gasteiger partial charge in [-0.05, 0) is 55.9 Å². The molecule has 1 fully saturated rings. The summed E-state index contributed by atoms with van der Waals surface area (Å²) in [7, 11) is 0. The normalized spacial score (nSPS) is 15.7. The zero-order valence-corrected chi connectivity index (χ0v) is 12.5. The van der Waals surface area contributed by atoms with Gasteiger partial charge in [0, 0.05) is 0 Å². The van der Waals surface area contributed by atoms with Gasteiger partial charge in [-0.25, -0.2) is 0 Å². The van der Waals surface area contributed by atoms with E-state index >= 15 is 0 Å². The highest BCUT2D eigenvalue weighted by Gasteiger charge is 2.23. The number of benzene rings is 2. The standard InChI is InChI=1S/C19H22O2/c1-14-5-7-15(8-6-14)9-12-19(20)16-3-2-4-18(13-16)21-17-10-11-17/h2-8,13,17,19-20H,9-12H2,1H3. The van der Waals surface area contributed by atoms with Crippen molar-refractivity contribution in [3.05, 3.63) is 65.2 Å². The Hall–Kier alpha value is -1.80. The molecule has 21 heavy (non-hydrogen) atoms. The Morgan fingerprint density at radius 1 is 1.14 bits per heavy atom. The third-order valence-electron chi connectivity index (χ3n) is 3.90. The summed E-state index contributed by atoms with van der Waals surface area (Å²) in [4.78, 5) is 0. The Bertz CT molecular complexity index is 585. The molecule has 1 aliphatic carbocycles. The van der Waals surface area contributed by atoms with E-state index in [1.54, 1.807) is 0 Å². The Kier molecular flexibility index (Phi) is 4.26. The van der Waals surface area contributed by atoms with Gasteiger partial charge in [0.25, 0.3) is 0 Å². The third kappa shape index (κ3) is 4.08. The fraction of sp³-hybridized carbons (Fsp3) is 0.368. The summed E-state index contributed by atoms with van der Waals surface area (Å²) in [5.74, 6) is 0.879. The van der Waals surface area contributed by atoms with Gasteiger partial charge in [-0.3, -0.25) is 0 Å². The Labute approximate surface area is 126 Å². The number of hydrogen-bond donors (Lipinski definition) is 1. The zero-order chi connectivity index (χ0) is 14.7. The summed E-state index contributed by atoms with van der Waals surface area (Å²) in [5, 5.41) is 10.4. The van der Waals surface area contributed by atoms with Crippen LogP contribution in [0.5, 0.6) is 5.75 Å². The van der Waals surface area contributed by atoms with Gasteiger partial charge in [-0.15, -0.1) is 0 Å². The van der Waals surface area contributed by atoms with Crippen LogP contribution in [0.25, 0.3) is 0 Å². The number of ether oxygens (including phenoxy) is 1. The molecule has 3 rings (SSSR count). The minimum absolute atomic E-state index is 0.393. The van der Waals surface area contributed by atoms with Crippen molar-refractivity contribution in [2.45, 2.75) is 44.8 Å². The van der Waals surface area contributed by atoms with E-state index in [9.17, 15) is 5.11 Å². The highest BCUT2D eigenvalue weighted by molar-refractivity contribution is 5.30. The minimum Gasteiger partial charge on any atom is -0.490 e. The maximum absolute atomic E-state index is 10.4. The second kappa shape index (κ2) is 6.31. The molecule has 1 N–H and O–H groups in total. The van der Waals surface area contributed by atoms with Crippen LogP contribution in [-0.2, 0) is 6.42 Å². The average Bonchev–Trinajstić information content (AvgIpc) is 3.30. The second-order valence-corrected chi connectivity index (χ2v) is 5.93. The lowest BCUT2D eigenvalue weighted by Gasteiger charge is -2.13. The first-order valence-corrected chi connectivity index (χ1v) is 7.71. The van der Waals surface area contributed by atoms with E-state index in [0.29, 0.717) is 6.10 Å². The molecular formula is C19H22O2. The van der Waals surface area contributed by atoms with E-state index in [2.05, 4.69) is 31.2 Å². The smallest absolute Gasteiger partial charge is 0.120 e. The average molecular weight is 282 g/mol. The zero-order valence-electron chi connectivity index (χ0n) is 12.5. The molecule has 0 spiro atoms. The van der Waals surface area contributed by atoms with E-state index in [-0.39, 0.29) is 0 Å². The van der Waals surface area contributed by atoms with Gasteiger partial charge in [-0.2, -0.15) is 0 Å². The molecule has 0 bridgehead atoms. The molecule has 0 saturated heterocycles. The van der Waals surface area contributed by atoms with Crippen molar-refractivity contribution in [2.75, 3.05) is 0 Å². The van der Waals surface area contributed by atoms with Crippen LogP contribution in [0.4, 0.5) is 0 Å². The molecule has 110 valence electrons. The summed E-state index contributed by atoms with van der Waals surface area (Å²) in [5.41, 5.74) is 3.48. The van der Waals surface area contributed by atoms with Crippen LogP contribution in [0.15, 0.2) is 48.5 Å². The van der Waals surface area contributed by atoms with Crippen molar-refractivity contribution in [3.63, 3.8) is 0 Å². The monoisotopic (exact) mass is 282 g/mol. The van der Waals surface area contributed by atoms with Gasteiger partial charge >= 0.3 is 0 Å². The number of rotatable bonds is 6. The molecule has 0 radical (unpaired) electrons. The Balaban J connectivity index is 1.58. The van der Waals surface area contributed by atoms with Gasteiger partial charge < -0.3 is 9.84 Å². The lowest BCUT2D eigenvalue weighted by Crippen LogP contribution is -2.01. The number of aryl methyl sites for hydroxylation is 2. The molecule has 1 atom stereocenters. The fourth-order valence-electron chi connectivity index (χ4n) is 2.40. The van der Waals surface area contributed by atoms with Crippen molar-refractivity contribution in [1.29, 1.82) is 0 Å². The first kappa shape index (κ1) is 14.2. The number of aliphatic hydroxyl groups excluding tert-OH is 1. The van der Waals surface area contributed by atoms with Crippen LogP contribution in [-0.4, -0.2) is 11.2 Å². The summed E-state index contributed by atoms with van der Waals surface area (Å²) in [6, 6.07) is 16.4. The van der Waals surface area contributed by atoms with E-state index < -0.39 is 6.10 Å². The van der Waals surface area contributed by atoms with Crippen molar-refractivity contribution < 1.29 is 9.84 Å². The summed E-state index contributed by atoms with van der Waals surface area (Å²) in [6.07, 6.45) is 3.88. The number of aliphatic hydroxyl groups is 1. The van der Waals surface area contributed by atoms with Crippen LogP contribution in [0.3, 0.4) is 0 Å². The third-order valence-corrected chi connectivity index (χ3v) is 3.90. The minimum atomic E-state index is -0.436. The van der Waals surface area contributed by atoms with Crippen LogP contribution in [0.2, 0.25) is 0 Å². The molecule has 2 nitrogen and oxygen atoms in total. The van der Waals surface area contributed by atoms with Crippen LogP contribution in [0, 0.1) is 6.92 Å². The highest BCUT2D eigenvalue weighted by atomic mass is 16.5. The number of hydrogen-bond acceptors (Lipinski definition) is 2. The SMILES string of the molecule is Cc1ccc(CCC(O)c2cccc(OC3CC3)c2)cc1. The van der Waals surface area contributed by atoms with Gasteiger partial charge in [-0.1, -0.05) is 42.0 Å². The van der Waals surface area contributed by atoms with Crippen molar-refractivity contribution >= 4 is 0 Å². The first-order chi connectivity index (χ1) is 10.2. The van der Waals surface area contributed by atoms with E-state index in [0.717, 1.165) is 37.0 Å². The fourth-order valence-corrected chi connectivity index (χ4v) is 2.40. The largest absolute Gasteiger partial charge is 0.490 e. The van der Waals surface area contributed by atoms with E-state index in [1.165, 1.54) is 11.1 Å². The first-order valence-electron chi connectivity index (χ1n) is 7.71. The summed E-state index contributed by atoms with van der Waals surface area (Å²) >= 11 is 0. The van der Waals surface area contributed by atoms with Crippen molar-refractivity contribution in [3.8, 4) is 5.75 Å². The maximum Gasteiger partial charge on any atom is 0.120 e. The van der Waals surface area contributed by atoms with Gasteiger partial charge in [0.2, 0.25) is 0 Å². The van der Waals surface area contributed by atoms with Gasteiger partial charge in [0.05, 0.1) is 12.2 Å². The lowest BCUT2D eigenvalue weighted by molar-refractivity contribution is 0.167.